The molecule has 1 aromatic rings. The van der Waals surface area contributed by atoms with Gasteiger partial charge < -0.3 is 15.6 Å². The quantitative estimate of drug-likeness (QED) is 0.873. The molecule has 0 aliphatic carbocycles. The van der Waals surface area contributed by atoms with Crippen molar-refractivity contribution in [3.05, 3.63) is 34.9 Å². The van der Waals surface area contributed by atoms with E-state index in [1.807, 2.05) is 24.3 Å². The van der Waals surface area contributed by atoms with Crippen molar-refractivity contribution in [3.8, 4) is 0 Å². The third-order valence-corrected chi connectivity index (χ3v) is 2.37. The van der Waals surface area contributed by atoms with Crippen molar-refractivity contribution in [2.24, 2.45) is 5.73 Å². The number of halogens is 1. The summed E-state index contributed by atoms with van der Waals surface area (Å²) in [6, 6.07) is 7.48. The van der Waals surface area contributed by atoms with Crippen molar-refractivity contribution >= 4 is 23.7 Å². The Balaban J connectivity index is 0.000000441. The van der Waals surface area contributed by atoms with Gasteiger partial charge in [0.2, 0.25) is 0 Å². The van der Waals surface area contributed by atoms with Gasteiger partial charge in [0, 0.05) is 11.4 Å². The molecule has 0 spiro atoms. The molecule has 1 amide bonds. The number of aliphatic carboxylic acids is 1. The number of carbonyl (C=O) groups excluding carboxylic acids is 1. The van der Waals surface area contributed by atoms with Gasteiger partial charge in [-0.15, -0.1) is 0 Å². The first-order valence-corrected chi connectivity index (χ1v) is 6.61. The lowest BCUT2D eigenvalue weighted by Gasteiger charge is -2.01. The van der Waals surface area contributed by atoms with Crippen LogP contribution in [-0.4, -0.2) is 23.3 Å². The van der Waals surface area contributed by atoms with Crippen LogP contribution in [0.5, 0.6) is 0 Å². The molecule has 1 rings (SSSR count). The minimum absolute atomic E-state index is 0.0995. The van der Waals surface area contributed by atoms with Crippen molar-refractivity contribution in [1.82, 2.24) is 0 Å². The van der Waals surface area contributed by atoms with E-state index < -0.39 is 12.1 Å². The number of benzene rings is 1. The molecule has 112 valence electrons. The predicted octanol–water partition coefficient (Wildman–Crippen LogP) is 3.24. The van der Waals surface area contributed by atoms with E-state index in [2.05, 4.69) is 10.5 Å². The van der Waals surface area contributed by atoms with Gasteiger partial charge in [0.1, 0.15) is 0 Å². The average Bonchev–Trinajstić information content (AvgIpc) is 2.30. The topological polar surface area (TPSA) is 89.6 Å². The van der Waals surface area contributed by atoms with Gasteiger partial charge >= 0.3 is 12.1 Å². The van der Waals surface area contributed by atoms with E-state index in [-0.39, 0.29) is 12.5 Å². The maximum absolute atomic E-state index is 10.2. The van der Waals surface area contributed by atoms with Crippen molar-refractivity contribution in [3.63, 3.8) is 0 Å². The smallest absolute Gasteiger partial charge is 0.404 e. The van der Waals surface area contributed by atoms with Gasteiger partial charge in [-0.05, 0) is 44.4 Å². The number of primary amides is 1. The SMILES string of the molecule is CC(C)OC(N)=O.O=C(O)CCCc1ccc(Cl)cc1. The molecule has 0 heterocycles. The number of ether oxygens (including phenoxy) is 1. The fraction of sp³-hybridized carbons (Fsp3) is 0.429. The van der Waals surface area contributed by atoms with Gasteiger partial charge in [-0.25, -0.2) is 4.79 Å². The Morgan fingerprint density at radius 3 is 2.20 bits per heavy atom. The fourth-order valence-electron chi connectivity index (χ4n) is 1.33. The Morgan fingerprint density at radius 2 is 1.85 bits per heavy atom. The molecule has 0 saturated carbocycles. The lowest BCUT2D eigenvalue weighted by molar-refractivity contribution is -0.137. The maximum Gasteiger partial charge on any atom is 0.404 e. The molecule has 0 bridgehead atoms. The Hall–Kier alpha value is -1.75. The average molecular weight is 302 g/mol. The van der Waals surface area contributed by atoms with E-state index >= 15 is 0 Å². The Bertz CT molecular complexity index is 418. The van der Waals surface area contributed by atoms with Crippen LogP contribution in [-0.2, 0) is 16.0 Å². The third kappa shape index (κ3) is 11.3. The van der Waals surface area contributed by atoms with Crippen LogP contribution in [0.1, 0.15) is 32.3 Å². The molecule has 3 N–H and O–H groups in total. The molecule has 6 heteroatoms. The largest absolute Gasteiger partial charge is 0.481 e. The van der Waals surface area contributed by atoms with Gasteiger partial charge in [-0.2, -0.15) is 0 Å². The lowest BCUT2D eigenvalue weighted by Crippen LogP contribution is -2.17. The predicted molar refractivity (Wildman–Crippen MR) is 77.8 cm³/mol. The zero-order valence-electron chi connectivity index (χ0n) is 11.6. The first kappa shape index (κ1) is 18.2. The first-order valence-electron chi connectivity index (χ1n) is 6.23. The van der Waals surface area contributed by atoms with Gasteiger partial charge in [0.15, 0.2) is 0 Å². The lowest BCUT2D eigenvalue weighted by atomic mass is 10.1. The highest BCUT2D eigenvalue weighted by molar-refractivity contribution is 6.30. The van der Waals surface area contributed by atoms with Crippen LogP contribution in [0.3, 0.4) is 0 Å². The zero-order valence-corrected chi connectivity index (χ0v) is 12.4. The summed E-state index contributed by atoms with van der Waals surface area (Å²) in [5, 5.41) is 9.12. The molecule has 0 fully saturated rings. The second-order valence-electron chi connectivity index (χ2n) is 4.36. The van der Waals surface area contributed by atoms with Crippen LogP contribution in [0.2, 0.25) is 5.02 Å². The Labute approximate surface area is 123 Å². The van der Waals surface area contributed by atoms with Crippen LogP contribution < -0.4 is 5.73 Å². The first-order chi connectivity index (χ1) is 9.31. The highest BCUT2D eigenvalue weighted by Crippen LogP contribution is 2.11. The summed E-state index contributed by atoms with van der Waals surface area (Å²) in [4.78, 5) is 20.0. The van der Waals surface area contributed by atoms with Gasteiger partial charge in [-0.1, -0.05) is 23.7 Å². The van der Waals surface area contributed by atoms with E-state index in [1.54, 1.807) is 13.8 Å². The number of carboxylic acids is 1. The summed E-state index contributed by atoms with van der Waals surface area (Å²) < 4.78 is 4.39. The number of hydrogen-bond donors (Lipinski definition) is 2. The van der Waals surface area contributed by atoms with Crippen LogP contribution in [0.4, 0.5) is 4.79 Å². The Morgan fingerprint density at radius 1 is 1.30 bits per heavy atom. The number of nitrogens with two attached hydrogens (primary N) is 1. The number of carbonyl (C=O) groups is 2. The second-order valence-corrected chi connectivity index (χ2v) is 4.80. The van der Waals surface area contributed by atoms with E-state index in [0.29, 0.717) is 11.4 Å². The molecule has 0 unspecified atom stereocenters. The molecule has 0 aliphatic heterocycles. The molecule has 0 saturated heterocycles. The monoisotopic (exact) mass is 301 g/mol. The highest BCUT2D eigenvalue weighted by Gasteiger charge is 1.97. The van der Waals surface area contributed by atoms with Crippen LogP contribution in [0, 0.1) is 0 Å². The summed E-state index contributed by atoms with van der Waals surface area (Å²) >= 11 is 5.70. The molecule has 0 aliphatic rings. The van der Waals surface area contributed by atoms with Crippen LogP contribution >= 0.6 is 11.6 Å². The maximum atomic E-state index is 10.2. The second kappa shape index (κ2) is 10.1. The van der Waals surface area contributed by atoms with Gasteiger partial charge in [-0.3, -0.25) is 4.79 Å². The molecule has 0 radical (unpaired) electrons. The van der Waals surface area contributed by atoms with E-state index in [4.69, 9.17) is 16.7 Å². The molecule has 0 aromatic heterocycles. The fourth-order valence-corrected chi connectivity index (χ4v) is 1.45. The molecule has 5 nitrogen and oxygen atoms in total. The number of rotatable bonds is 5. The van der Waals surface area contributed by atoms with Gasteiger partial charge in [0.05, 0.1) is 6.10 Å². The third-order valence-electron chi connectivity index (χ3n) is 2.12. The minimum Gasteiger partial charge on any atom is -0.481 e. The number of carboxylic acid groups (broad SMARTS) is 1. The normalized spacial score (nSPS) is 9.60. The van der Waals surface area contributed by atoms with E-state index in [9.17, 15) is 9.59 Å². The summed E-state index contributed by atoms with van der Waals surface area (Å²) in [6.45, 7) is 3.48. The number of hydrogen-bond acceptors (Lipinski definition) is 3. The van der Waals surface area contributed by atoms with E-state index in [0.717, 1.165) is 12.0 Å². The van der Waals surface area contributed by atoms with Crippen LogP contribution in [0.15, 0.2) is 24.3 Å². The van der Waals surface area contributed by atoms with Gasteiger partial charge in [0.25, 0.3) is 0 Å². The van der Waals surface area contributed by atoms with E-state index in [1.165, 1.54) is 0 Å². The highest BCUT2D eigenvalue weighted by atomic mass is 35.5. The minimum atomic E-state index is -0.742. The molecule has 20 heavy (non-hydrogen) atoms. The number of amides is 1. The van der Waals surface area contributed by atoms with Crippen molar-refractivity contribution < 1.29 is 19.4 Å². The molecule has 0 atom stereocenters. The Kier molecular flexibility index (Phi) is 9.20. The molecule has 1 aromatic carbocycles. The molecular weight excluding hydrogens is 282 g/mol. The summed E-state index contributed by atoms with van der Waals surface area (Å²) in [5.41, 5.74) is 5.76. The molecular formula is C14H20ClNO4. The standard InChI is InChI=1S/C10H11ClO2.C4H9NO2/c11-9-6-4-8(5-7-9)2-1-3-10(12)13;1-3(2)7-4(5)6/h4-7H,1-3H2,(H,12,13);3H,1-2H3,(H2,5,6). The van der Waals surface area contributed by atoms with Crippen molar-refractivity contribution in [2.45, 2.75) is 39.2 Å². The summed E-state index contributed by atoms with van der Waals surface area (Å²) in [7, 11) is 0. The summed E-state index contributed by atoms with van der Waals surface area (Å²) in [5.74, 6) is -0.742. The van der Waals surface area contributed by atoms with Crippen LogP contribution in [0.25, 0.3) is 0 Å². The zero-order chi connectivity index (χ0) is 15.5. The number of aryl methyl sites for hydroxylation is 1. The van der Waals surface area contributed by atoms with Crippen molar-refractivity contribution in [2.75, 3.05) is 0 Å². The van der Waals surface area contributed by atoms with Crippen molar-refractivity contribution in [1.29, 1.82) is 0 Å². The summed E-state index contributed by atoms with van der Waals surface area (Å²) in [6.07, 6.45) is 0.885.